The minimum absolute atomic E-state index is 0.0687. The molecule has 0 bridgehead atoms. The standard InChI is InChI=1S/C22H19ClN4O3/c1-13-6-8-15(9-7-13)19-20-21(30-26-19)22(29)27(12-24-20)11-10-18(28)25-17-5-3-4-16(23)14(17)2/h3-9,12H,10-11H2,1-2H3,(H,25,28). The molecule has 4 aromatic rings. The van der Waals surface area contributed by atoms with Crippen molar-refractivity contribution in [3.8, 4) is 11.3 Å². The van der Waals surface area contributed by atoms with Crippen LogP contribution in [0.1, 0.15) is 17.5 Å². The maximum Gasteiger partial charge on any atom is 0.299 e. The van der Waals surface area contributed by atoms with Crippen LogP contribution in [-0.4, -0.2) is 20.6 Å². The van der Waals surface area contributed by atoms with Crippen molar-refractivity contribution in [2.24, 2.45) is 0 Å². The predicted molar refractivity (Wildman–Crippen MR) is 116 cm³/mol. The molecule has 8 heteroatoms. The number of amides is 1. The summed E-state index contributed by atoms with van der Waals surface area (Å²) in [6, 6.07) is 13.0. The number of nitrogens with zero attached hydrogens (tertiary/aromatic N) is 3. The van der Waals surface area contributed by atoms with E-state index in [1.807, 2.05) is 38.1 Å². The molecule has 1 N–H and O–H groups in total. The van der Waals surface area contributed by atoms with E-state index in [1.54, 1.807) is 18.2 Å². The maximum absolute atomic E-state index is 12.7. The van der Waals surface area contributed by atoms with E-state index in [1.165, 1.54) is 10.9 Å². The summed E-state index contributed by atoms with van der Waals surface area (Å²) in [5, 5.41) is 7.41. The molecule has 0 saturated carbocycles. The Kier molecular flexibility index (Phi) is 5.37. The molecule has 2 aromatic heterocycles. The summed E-state index contributed by atoms with van der Waals surface area (Å²) < 4.78 is 6.62. The van der Waals surface area contributed by atoms with Gasteiger partial charge in [0.05, 0.1) is 6.33 Å². The highest BCUT2D eigenvalue weighted by atomic mass is 35.5. The van der Waals surface area contributed by atoms with Gasteiger partial charge in [-0.05, 0) is 31.5 Å². The number of carbonyl (C=O) groups is 1. The molecule has 0 fully saturated rings. The van der Waals surface area contributed by atoms with Gasteiger partial charge < -0.3 is 9.84 Å². The van der Waals surface area contributed by atoms with E-state index in [4.69, 9.17) is 16.1 Å². The molecule has 7 nitrogen and oxygen atoms in total. The van der Waals surface area contributed by atoms with Gasteiger partial charge in [-0.25, -0.2) is 4.98 Å². The minimum Gasteiger partial charge on any atom is -0.348 e. The number of fused-ring (bicyclic) bond motifs is 1. The lowest BCUT2D eigenvalue weighted by molar-refractivity contribution is -0.116. The van der Waals surface area contributed by atoms with Crippen LogP contribution in [0.15, 0.2) is 58.1 Å². The van der Waals surface area contributed by atoms with E-state index < -0.39 is 0 Å². The molecule has 30 heavy (non-hydrogen) atoms. The van der Waals surface area contributed by atoms with Crippen molar-refractivity contribution in [1.29, 1.82) is 0 Å². The number of anilines is 1. The van der Waals surface area contributed by atoms with Gasteiger partial charge in [-0.1, -0.05) is 52.7 Å². The average molecular weight is 423 g/mol. The van der Waals surface area contributed by atoms with Gasteiger partial charge in [0.1, 0.15) is 11.2 Å². The lowest BCUT2D eigenvalue weighted by Gasteiger charge is -2.10. The van der Waals surface area contributed by atoms with Crippen molar-refractivity contribution in [3.05, 3.63) is 75.3 Å². The Bertz CT molecular complexity index is 1290. The topological polar surface area (TPSA) is 90.0 Å². The van der Waals surface area contributed by atoms with Crippen molar-refractivity contribution in [3.63, 3.8) is 0 Å². The van der Waals surface area contributed by atoms with Crippen LogP contribution in [0, 0.1) is 13.8 Å². The number of carbonyl (C=O) groups excluding carboxylic acids is 1. The Morgan fingerprint density at radius 3 is 2.70 bits per heavy atom. The number of benzene rings is 2. The molecule has 1 amide bonds. The van der Waals surface area contributed by atoms with Crippen molar-refractivity contribution in [1.82, 2.24) is 14.7 Å². The zero-order chi connectivity index (χ0) is 21.3. The molecule has 0 aliphatic rings. The Balaban J connectivity index is 1.52. The van der Waals surface area contributed by atoms with E-state index in [-0.39, 0.29) is 30.0 Å². The van der Waals surface area contributed by atoms with Gasteiger partial charge in [0.15, 0.2) is 0 Å². The van der Waals surface area contributed by atoms with Crippen LogP contribution in [0.25, 0.3) is 22.4 Å². The third kappa shape index (κ3) is 3.84. The van der Waals surface area contributed by atoms with Gasteiger partial charge in [0, 0.05) is 29.2 Å². The monoisotopic (exact) mass is 422 g/mol. The zero-order valence-electron chi connectivity index (χ0n) is 16.5. The number of halogens is 1. The third-order valence-corrected chi connectivity index (χ3v) is 5.30. The normalized spacial score (nSPS) is 11.0. The van der Waals surface area contributed by atoms with Gasteiger partial charge in [-0.2, -0.15) is 0 Å². The molecule has 0 saturated heterocycles. The van der Waals surface area contributed by atoms with E-state index in [0.717, 1.165) is 16.7 Å². The second-order valence-corrected chi connectivity index (χ2v) is 7.44. The average Bonchev–Trinajstić information content (AvgIpc) is 3.16. The first-order valence-electron chi connectivity index (χ1n) is 9.41. The number of nitrogens with one attached hydrogen (secondary N) is 1. The molecule has 152 valence electrons. The summed E-state index contributed by atoms with van der Waals surface area (Å²) in [5.74, 6) is -0.231. The van der Waals surface area contributed by atoms with Crippen LogP contribution < -0.4 is 10.9 Å². The predicted octanol–water partition coefficient (Wildman–Crippen LogP) is 4.35. The number of aryl methyl sites for hydroxylation is 2. The molecule has 0 radical (unpaired) electrons. The summed E-state index contributed by atoms with van der Waals surface area (Å²) in [5.41, 5.74) is 3.98. The van der Waals surface area contributed by atoms with Gasteiger partial charge in [0.25, 0.3) is 11.1 Å². The molecule has 2 aromatic carbocycles. The summed E-state index contributed by atoms with van der Waals surface area (Å²) in [6.45, 7) is 3.98. The number of hydrogen-bond donors (Lipinski definition) is 1. The Labute approximate surface area is 177 Å². The molecule has 0 aliphatic carbocycles. The summed E-state index contributed by atoms with van der Waals surface area (Å²) in [4.78, 5) is 29.4. The molecule has 2 heterocycles. The van der Waals surface area contributed by atoms with E-state index in [9.17, 15) is 9.59 Å². The summed E-state index contributed by atoms with van der Waals surface area (Å²) in [7, 11) is 0. The molecule has 0 aliphatic heterocycles. The fourth-order valence-corrected chi connectivity index (χ4v) is 3.27. The Morgan fingerprint density at radius 2 is 1.93 bits per heavy atom. The molecule has 0 unspecified atom stereocenters. The first-order valence-corrected chi connectivity index (χ1v) is 9.78. The Morgan fingerprint density at radius 1 is 1.17 bits per heavy atom. The number of aromatic nitrogens is 3. The SMILES string of the molecule is Cc1ccc(-c2noc3c(=O)n(CCC(=O)Nc4cccc(Cl)c4C)cnc23)cc1. The first kappa shape index (κ1) is 19.8. The highest BCUT2D eigenvalue weighted by Gasteiger charge is 2.17. The molecular formula is C22H19ClN4O3. The second-order valence-electron chi connectivity index (χ2n) is 7.03. The lowest BCUT2D eigenvalue weighted by Crippen LogP contribution is -2.23. The zero-order valence-corrected chi connectivity index (χ0v) is 17.2. The molecule has 0 atom stereocenters. The minimum atomic E-state index is -0.377. The van der Waals surface area contributed by atoms with Gasteiger partial charge in [-0.15, -0.1) is 0 Å². The van der Waals surface area contributed by atoms with Crippen LogP contribution in [0.3, 0.4) is 0 Å². The van der Waals surface area contributed by atoms with Crippen LogP contribution in [0.2, 0.25) is 5.02 Å². The third-order valence-electron chi connectivity index (χ3n) is 4.90. The highest BCUT2D eigenvalue weighted by molar-refractivity contribution is 6.31. The van der Waals surface area contributed by atoms with Crippen molar-refractivity contribution >= 4 is 34.3 Å². The quantitative estimate of drug-likeness (QED) is 0.516. The van der Waals surface area contributed by atoms with Crippen LogP contribution in [0.5, 0.6) is 0 Å². The van der Waals surface area contributed by atoms with Crippen molar-refractivity contribution in [2.45, 2.75) is 26.8 Å². The maximum atomic E-state index is 12.7. The van der Waals surface area contributed by atoms with Gasteiger partial charge in [0.2, 0.25) is 5.91 Å². The molecular weight excluding hydrogens is 404 g/mol. The van der Waals surface area contributed by atoms with E-state index >= 15 is 0 Å². The van der Waals surface area contributed by atoms with Gasteiger partial charge in [-0.3, -0.25) is 14.2 Å². The fourth-order valence-electron chi connectivity index (χ4n) is 3.09. The van der Waals surface area contributed by atoms with E-state index in [0.29, 0.717) is 21.9 Å². The van der Waals surface area contributed by atoms with Crippen molar-refractivity contribution < 1.29 is 9.32 Å². The highest BCUT2D eigenvalue weighted by Crippen LogP contribution is 2.25. The van der Waals surface area contributed by atoms with Crippen LogP contribution >= 0.6 is 11.6 Å². The van der Waals surface area contributed by atoms with Gasteiger partial charge >= 0.3 is 0 Å². The number of hydrogen-bond acceptors (Lipinski definition) is 5. The Hall–Kier alpha value is -3.45. The largest absolute Gasteiger partial charge is 0.348 e. The summed E-state index contributed by atoms with van der Waals surface area (Å²) >= 11 is 6.08. The summed E-state index contributed by atoms with van der Waals surface area (Å²) in [6.07, 6.45) is 1.51. The van der Waals surface area contributed by atoms with Crippen LogP contribution in [-0.2, 0) is 11.3 Å². The first-order chi connectivity index (χ1) is 14.4. The smallest absolute Gasteiger partial charge is 0.299 e. The second kappa shape index (κ2) is 8.12. The van der Waals surface area contributed by atoms with Crippen molar-refractivity contribution in [2.75, 3.05) is 5.32 Å². The fraction of sp³-hybridized carbons (Fsp3) is 0.182. The molecule has 4 rings (SSSR count). The van der Waals surface area contributed by atoms with E-state index in [2.05, 4.69) is 15.5 Å². The lowest BCUT2D eigenvalue weighted by atomic mass is 10.1. The van der Waals surface area contributed by atoms with Crippen LogP contribution in [0.4, 0.5) is 5.69 Å². The number of rotatable bonds is 5. The molecule has 0 spiro atoms.